The third kappa shape index (κ3) is 3.23. The zero-order valence-corrected chi connectivity index (χ0v) is 9.69. The minimum atomic E-state index is 0.852. The summed E-state index contributed by atoms with van der Waals surface area (Å²) in [7, 11) is 0. The fourth-order valence-electron chi connectivity index (χ4n) is 2.18. The zero-order chi connectivity index (χ0) is 10.7. The predicted octanol–water partition coefficient (Wildman–Crippen LogP) is 4.38. The Hall–Kier alpha value is -1.04. The summed E-state index contributed by atoms with van der Waals surface area (Å²) in [5.41, 5.74) is 1.33. The maximum Gasteiger partial charge on any atom is -0.0199 e. The highest BCUT2D eigenvalue weighted by molar-refractivity contribution is 5.49. The Morgan fingerprint density at radius 3 is 2.67 bits per heavy atom. The molecule has 0 aromatic heterocycles. The van der Waals surface area contributed by atoms with Crippen LogP contribution in [0.2, 0.25) is 0 Å². The fourth-order valence-corrected chi connectivity index (χ4v) is 2.18. The summed E-state index contributed by atoms with van der Waals surface area (Å²) in [4.78, 5) is 0. The van der Waals surface area contributed by atoms with Crippen molar-refractivity contribution in [3.63, 3.8) is 0 Å². The monoisotopic (exact) mass is 200 g/mol. The fraction of sp³-hybridized carbons (Fsp3) is 0.467. The Bertz CT molecular complexity index is 321. The van der Waals surface area contributed by atoms with Crippen molar-refractivity contribution in [1.29, 1.82) is 0 Å². The van der Waals surface area contributed by atoms with E-state index in [0.717, 1.165) is 17.8 Å². The molecule has 80 valence electrons. The van der Waals surface area contributed by atoms with Crippen LogP contribution in [0.25, 0.3) is 6.08 Å². The second kappa shape index (κ2) is 4.65. The molecule has 0 spiro atoms. The molecule has 0 N–H and O–H groups in total. The molecule has 0 radical (unpaired) electrons. The van der Waals surface area contributed by atoms with Crippen molar-refractivity contribution < 1.29 is 0 Å². The van der Waals surface area contributed by atoms with Crippen molar-refractivity contribution in [3.05, 3.63) is 42.0 Å². The summed E-state index contributed by atoms with van der Waals surface area (Å²) < 4.78 is 0. The van der Waals surface area contributed by atoms with Crippen LogP contribution in [0.15, 0.2) is 36.4 Å². The third-order valence-electron chi connectivity index (χ3n) is 3.09. The maximum absolute atomic E-state index is 2.39. The van der Waals surface area contributed by atoms with Crippen molar-refractivity contribution in [1.82, 2.24) is 0 Å². The van der Waals surface area contributed by atoms with Gasteiger partial charge < -0.3 is 0 Å². The standard InChI is InChI=1S/C15H20/c1-12(2)10-15-11-14(15)9-8-13-6-4-3-5-7-13/h3-9,12,14-15H,10-11H2,1-2H3/b9-8+/t14-,15+/m0/s1. The first-order valence-electron chi connectivity index (χ1n) is 5.99. The van der Waals surface area contributed by atoms with Crippen LogP contribution < -0.4 is 0 Å². The molecule has 0 aliphatic heterocycles. The average Bonchev–Trinajstić information content (AvgIpc) is 2.94. The van der Waals surface area contributed by atoms with Gasteiger partial charge in [-0.3, -0.25) is 0 Å². The second-order valence-corrected chi connectivity index (χ2v) is 5.06. The van der Waals surface area contributed by atoms with Crippen molar-refractivity contribution in [2.45, 2.75) is 26.7 Å². The van der Waals surface area contributed by atoms with Crippen LogP contribution in [0.4, 0.5) is 0 Å². The third-order valence-corrected chi connectivity index (χ3v) is 3.09. The quantitative estimate of drug-likeness (QED) is 0.676. The highest BCUT2D eigenvalue weighted by Crippen LogP contribution is 2.44. The molecular weight excluding hydrogens is 180 g/mol. The molecule has 1 fully saturated rings. The van der Waals surface area contributed by atoms with E-state index in [1.165, 1.54) is 18.4 Å². The van der Waals surface area contributed by atoms with Gasteiger partial charge in [0.2, 0.25) is 0 Å². The maximum atomic E-state index is 2.39. The zero-order valence-electron chi connectivity index (χ0n) is 9.69. The molecule has 0 bridgehead atoms. The SMILES string of the molecule is CC(C)C[C@@H]1C[C@@H]1/C=C/c1ccccc1. The number of allylic oxidation sites excluding steroid dienone is 1. The lowest BCUT2D eigenvalue weighted by Gasteiger charge is -2.00. The van der Waals surface area contributed by atoms with Gasteiger partial charge in [0.1, 0.15) is 0 Å². The summed E-state index contributed by atoms with van der Waals surface area (Å²) >= 11 is 0. The smallest absolute Gasteiger partial charge is 0.0199 e. The van der Waals surface area contributed by atoms with Crippen LogP contribution in [0, 0.1) is 17.8 Å². The Kier molecular flexibility index (Phi) is 3.25. The second-order valence-electron chi connectivity index (χ2n) is 5.06. The van der Waals surface area contributed by atoms with Gasteiger partial charge in [-0.25, -0.2) is 0 Å². The van der Waals surface area contributed by atoms with Crippen LogP contribution >= 0.6 is 0 Å². The first-order valence-corrected chi connectivity index (χ1v) is 5.99. The number of hydrogen-bond acceptors (Lipinski definition) is 0. The molecular formula is C15H20. The minimum absolute atomic E-state index is 0.852. The van der Waals surface area contributed by atoms with Crippen molar-refractivity contribution >= 4 is 6.08 Å². The van der Waals surface area contributed by atoms with Crippen LogP contribution in [-0.4, -0.2) is 0 Å². The largest absolute Gasteiger partial charge is 0.0805 e. The molecule has 1 aromatic carbocycles. The van der Waals surface area contributed by atoms with Gasteiger partial charge in [-0.1, -0.05) is 56.3 Å². The lowest BCUT2D eigenvalue weighted by Crippen LogP contribution is -1.89. The van der Waals surface area contributed by atoms with E-state index in [-0.39, 0.29) is 0 Å². The molecule has 1 aliphatic rings. The molecule has 0 amide bonds. The lowest BCUT2D eigenvalue weighted by molar-refractivity contribution is 0.528. The predicted molar refractivity (Wildman–Crippen MR) is 66.5 cm³/mol. The first-order chi connectivity index (χ1) is 7.25. The van der Waals surface area contributed by atoms with Crippen LogP contribution in [0.3, 0.4) is 0 Å². The molecule has 2 atom stereocenters. The highest BCUT2D eigenvalue weighted by Gasteiger charge is 2.34. The van der Waals surface area contributed by atoms with E-state index in [2.05, 4.69) is 56.3 Å². The van der Waals surface area contributed by atoms with E-state index in [1.54, 1.807) is 0 Å². The van der Waals surface area contributed by atoms with Gasteiger partial charge in [-0.05, 0) is 36.2 Å². The molecule has 0 saturated heterocycles. The average molecular weight is 200 g/mol. The number of benzene rings is 1. The molecule has 1 aliphatic carbocycles. The van der Waals surface area contributed by atoms with Gasteiger partial charge in [0, 0.05) is 0 Å². The van der Waals surface area contributed by atoms with E-state index >= 15 is 0 Å². The Balaban J connectivity index is 1.82. The normalized spacial score (nSPS) is 25.0. The van der Waals surface area contributed by atoms with Crippen LogP contribution in [0.5, 0.6) is 0 Å². The van der Waals surface area contributed by atoms with Gasteiger partial charge in [0.25, 0.3) is 0 Å². The first kappa shape index (κ1) is 10.5. The molecule has 0 nitrogen and oxygen atoms in total. The van der Waals surface area contributed by atoms with E-state index in [4.69, 9.17) is 0 Å². The minimum Gasteiger partial charge on any atom is -0.0805 e. The summed E-state index contributed by atoms with van der Waals surface area (Å²) in [5.74, 6) is 2.67. The molecule has 2 rings (SSSR count). The number of rotatable bonds is 4. The topological polar surface area (TPSA) is 0 Å². The molecule has 15 heavy (non-hydrogen) atoms. The Morgan fingerprint density at radius 2 is 2.00 bits per heavy atom. The molecule has 1 aromatic rings. The number of hydrogen-bond donors (Lipinski definition) is 0. The van der Waals surface area contributed by atoms with Gasteiger partial charge in [0.15, 0.2) is 0 Å². The van der Waals surface area contributed by atoms with Crippen LogP contribution in [-0.2, 0) is 0 Å². The van der Waals surface area contributed by atoms with Crippen molar-refractivity contribution in [2.24, 2.45) is 17.8 Å². The van der Waals surface area contributed by atoms with E-state index in [1.807, 2.05) is 0 Å². The highest BCUT2D eigenvalue weighted by atomic mass is 14.4. The van der Waals surface area contributed by atoms with E-state index in [0.29, 0.717) is 0 Å². The molecule has 1 saturated carbocycles. The summed E-state index contributed by atoms with van der Waals surface area (Å²) in [6, 6.07) is 10.6. The molecule has 0 heteroatoms. The van der Waals surface area contributed by atoms with E-state index < -0.39 is 0 Å². The van der Waals surface area contributed by atoms with Gasteiger partial charge in [-0.15, -0.1) is 0 Å². The molecule has 0 heterocycles. The van der Waals surface area contributed by atoms with Crippen LogP contribution in [0.1, 0.15) is 32.3 Å². The Morgan fingerprint density at radius 1 is 1.27 bits per heavy atom. The van der Waals surface area contributed by atoms with Crippen molar-refractivity contribution in [3.8, 4) is 0 Å². The Labute approximate surface area is 93.0 Å². The van der Waals surface area contributed by atoms with Gasteiger partial charge in [0.05, 0.1) is 0 Å². The summed E-state index contributed by atoms with van der Waals surface area (Å²) in [6.45, 7) is 4.63. The summed E-state index contributed by atoms with van der Waals surface area (Å²) in [5, 5.41) is 0. The summed E-state index contributed by atoms with van der Waals surface area (Å²) in [6.07, 6.45) is 7.46. The van der Waals surface area contributed by atoms with Gasteiger partial charge >= 0.3 is 0 Å². The lowest BCUT2D eigenvalue weighted by atomic mass is 10.1. The van der Waals surface area contributed by atoms with Crippen molar-refractivity contribution in [2.75, 3.05) is 0 Å². The van der Waals surface area contributed by atoms with E-state index in [9.17, 15) is 0 Å². The molecule has 0 unspecified atom stereocenters. The van der Waals surface area contributed by atoms with Gasteiger partial charge in [-0.2, -0.15) is 0 Å².